The normalized spacial score (nSPS) is 28.8. The standard InChI is InChI=1S/C15H29N3O/c1-2-13-8-7-9-16-14(13)12-17-15(19)18-10-5-3-4-6-11-18/h13-14,16H,2-12H2,1H3,(H,17,19). The van der Waals surface area contributed by atoms with Gasteiger partial charge in [-0.15, -0.1) is 0 Å². The zero-order chi connectivity index (χ0) is 13.5. The maximum atomic E-state index is 12.2. The molecule has 0 radical (unpaired) electrons. The summed E-state index contributed by atoms with van der Waals surface area (Å²) in [4.78, 5) is 14.2. The molecular formula is C15H29N3O. The van der Waals surface area contributed by atoms with E-state index in [0.717, 1.165) is 44.9 Å². The van der Waals surface area contributed by atoms with Crippen molar-refractivity contribution >= 4 is 6.03 Å². The number of likely N-dealkylation sites (tertiary alicyclic amines) is 1. The van der Waals surface area contributed by atoms with Gasteiger partial charge in [0.25, 0.3) is 0 Å². The minimum atomic E-state index is 0.143. The number of nitrogens with one attached hydrogen (secondary N) is 2. The van der Waals surface area contributed by atoms with Gasteiger partial charge >= 0.3 is 6.03 Å². The number of piperidine rings is 1. The molecule has 0 spiro atoms. The Hall–Kier alpha value is -0.770. The van der Waals surface area contributed by atoms with Gasteiger partial charge < -0.3 is 15.5 Å². The summed E-state index contributed by atoms with van der Waals surface area (Å²) in [6, 6.07) is 0.610. The van der Waals surface area contributed by atoms with E-state index in [9.17, 15) is 4.79 Å². The van der Waals surface area contributed by atoms with Gasteiger partial charge in [0.2, 0.25) is 0 Å². The van der Waals surface area contributed by atoms with Gasteiger partial charge in [-0.05, 0) is 38.1 Å². The topological polar surface area (TPSA) is 44.4 Å². The Kier molecular flexibility index (Phi) is 5.95. The average molecular weight is 267 g/mol. The Morgan fingerprint density at radius 3 is 2.63 bits per heavy atom. The summed E-state index contributed by atoms with van der Waals surface area (Å²) in [7, 11) is 0. The van der Waals surface area contributed by atoms with Crippen molar-refractivity contribution < 1.29 is 4.79 Å². The summed E-state index contributed by atoms with van der Waals surface area (Å²) in [6.45, 7) is 6.00. The molecule has 0 saturated carbocycles. The number of rotatable bonds is 3. The molecule has 2 atom stereocenters. The van der Waals surface area contributed by atoms with Crippen LogP contribution in [0.4, 0.5) is 4.79 Å². The van der Waals surface area contributed by atoms with Gasteiger partial charge in [-0.2, -0.15) is 0 Å². The number of hydrogen-bond acceptors (Lipinski definition) is 2. The van der Waals surface area contributed by atoms with Crippen LogP contribution in [-0.2, 0) is 0 Å². The molecule has 0 aliphatic carbocycles. The third-order valence-electron chi connectivity index (χ3n) is 4.62. The Morgan fingerprint density at radius 2 is 1.95 bits per heavy atom. The number of carbonyl (C=O) groups excluding carboxylic acids is 1. The fourth-order valence-electron chi connectivity index (χ4n) is 3.33. The van der Waals surface area contributed by atoms with Crippen LogP contribution in [0, 0.1) is 5.92 Å². The van der Waals surface area contributed by atoms with E-state index in [-0.39, 0.29) is 6.03 Å². The largest absolute Gasteiger partial charge is 0.336 e. The fraction of sp³-hybridized carbons (Fsp3) is 0.933. The van der Waals surface area contributed by atoms with Crippen LogP contribution in [0.2, 0.25) is 0 Å². The third kappa shape index (κ3) is 4.37. The first-order valence-corrected chi connectivity index (χ1v) is 8.07. The van der Waals surface area contributed by atoms with Crippen molar-refractivity contribution in [2.45, 2.75) is 57.9 Å². The van der Waals surface area contributed by atoms with Gasteiger partial charge in [-0.25, -0.2) is 4.79 Å². The van der Waals surface area contributed by atoms with Crippen molar-refractivity contribution in [2.75, 3.05) is 26.2 Å². The lowest BCUT2D eigenvalue weighted by Crippen LogP contribution is -2.51. The molecule has 0 aromatic carbocycles. The zero-order valence-corrected chi connectivity index (χ0v) is 12.3. The lowest BCUT2D eigenvalue weighted by molar-refractivity contribution is 0.193. The van der Waals surface area contributed by atoms with Crippen molar-refractivity contribution in [1.82, 2.24) is 15.5 Å². The highest BCUT2D eigenvalue weighted by molar-refractivity contribution is 5.74. The van der Waals surface area contributed by atoms with E-state index in [4.69, 9.17) is 0 Å². The average Bonchev–Trinajstić information content (AvgIpc) is 2.74. The Morgan fingerprint density at radius 1 is 1.21 bits per heavy atom. The summed E-state index contributed by atoms with van der Waals surface area (Å²) in [6.07, 6.45) is 8.64. The van der Waals surface area contributed by atoms with Crippen LogP contribution in [-0.4, -0.2) is 43.2 Å². The first-order chi connectivity index (χ1) is 9.31. The van der Waals surface area contributed by atoms with Crippen LogP contribution >= 0.6 is 0 Å². The fourth-order valence-corrected chi connectivity index (χ4v) is 3.33. The zero-order valence-electron chi connectivity index (χ0n) is 12.3. The van der Waals surface area contributed by atoms with E-state index in [1.807, 2.05) is 4.90 Å². The number of amides is 2. The van der Waals surface area contributed by atoms with E-state index in [0.29, 0.717) is 6.04 Å². The highest BCUT2D eigenvalue weighted by atomic mass is 16.2. The summed E-state index contributed by atoms with van der Waals surface area (Å²) in [5.41, 5.74) is 0. The van der Waals surface area contributed by atoms with Gasteiger partial charge in [-0.3, -0.25) is 0 Å². The van der Waals surface area contributed by atoms with Gasteiger partial charge in [0.1, 0.15) is 0 Å². The first kappa shape index (κ1) is 14.6. The van der Waals surface area contributed by atoms with Crippen LogP contribution in [0.5, 0.6) is 0 Å². The highest BCUT2D eigenvalue weighted by Gasteiger charge is 2.24. The maximum Gasteiger partial charge on any atom is 0.317 e. The number of carbonyl (C=O) groups is 1. The minimum absolute atomic E-state index is 0.143. The predicted octanol–water partition coefficient (Wildman–Crippen LogP) is 2.35. The lowest BCUT2D eigenvalue weighted by Gasteiger charge is -2.33. The van der Waals surface area contributed by atoms with E-state index in [1.54, 1.807) is 0 Å². The predicted molar refractivity (Wildman–Crippen MR) is 78.2 cm³/mol. The summed E-state index contributed by atoms with van der Waals surface area (Å²) in [5, 5.41) is 6.70. The molecule has 19 heavy (non-hydrogen) atoms. The molecule has 2 N–H and O–H groups in total. The molecule has 0 aromatic heterocycles. The second-order valence-electron chi connectivity index (χ2n) is 5.96. The van der Waals surface area contributed by atoms with Crippen LogP contribution in [0.25, 0.3) is 0 Å². The second-order valence-corrected chi connectivity index (χ2v) is 5.96. The monoisotopic (exact) mass is 267 g/mol. The van der Waals surface area contributed by atoms with E-state index in [2.05, 4.69) is 17.6 Å². The van der Waals surface area contributed by atoms with Crippen molar-refractivity contribution in [3.63, 3.8) is 0 Å². The van der Waals surface area contributed by atoms with Crippen molar-refractivity contribution in [3.8, 4) is 0 Å². The molecule has 4 nitrogen and oxygen atoms in total. The molecular weight excluding hydrogens is 238 g/mol. The SMILES string of the molecule is CCC1CCCNC1CNC(=O)N1CCCCCC1. The third-order valence-corrected chi connectivity index (χ3v) is 4.62. The quantitative estimate of drug-likeness (QED) is 0.824. The molecule has 0 aromatic rings. The van der Waals surface area contributed by atoms with Crippen LogP contribution in [0.15, 0.2) is 0 Å². The van der Waals surface area contributed by atoms with Crippen molar-refractivity contribution in [1.29, 1.82) is 0 Å². The highest BCUT2D eigenvalue weighted by Crippen LogP contribution is 2.19. The summed E-state index contributed by atoms with van der Waals surface area (Å²) < 4.78 is 0. The Labute approximate surface area is 117 Å². The smallest absolute Gasteiger partial charge is 0.317 e. The molecule has 4 heteroatoms. The molecule has 2 aliphatic heterocycles. The van der Waals surface area contributed by atoms with Gasteiger partial charge in [-0.1, -0.05) is 26.2 Å². The first-order valence-electron chi connectivity index (χ1n) is 8.07. The lowest BCUT2D eigenvalue weighted by atomic mass is 9.89. The molecule has 2 unspecified atom stereocenters. The second kappa shape index (κ2) is 7.73. The molecule has 2 aliphatic rings. The number of urea groups is 1. The summed E-state index contributed by atoms with van der Waals surface area (Å²) in [5.74, 6) is 0.721. The molecule has 2 fully saturated rings. The van der Waals surface area contributed by atoms with Gasteiger partial charge in [0, 0.05) is 25.7 Å². The van der Waals surface area contributed by atoms with Crippen molar-refractivity contribution in [2.24, 2.45) is 5.92 Å². The Balaban J connectivity index is 1.75. The Bertz CT molecular complexity index is 275. The van der Waals surface area contributed by atoms with E-state index in [1.165, 1.54) is 32.1 Å². The summed E-state index contributed by atoms with van der Waals surface area (Å²) >= 11 is 0. The molecule has 0 bridgehead atoms. The van der Waals surface area contributed by atoms with Crippen molar-refractivity contribution in [3.05, 3.63) is 0 Å². The molecule has 2 amide bonds. The molecule has 2 rings (SSSR count). The minimum Gasteiger partial charge on any atom is -0.336 e. The van der Waals surface area contributed by atoms with E-state index >= 15 is 0 Å². The van der Waals surface area contributed by atoms with E-state index < -0.39 is 0 Å². The number of hydrogen-bond donors (Lipinski definition) is 2. The molecule has 2 heterocycles. The van der Waals surface area contributed by atoms with Crippen LogP contribution in [0.1, 0.15) is 51.9 Å². The maximum absolute atomic E-state index is 12.2. The number of nitrogens with zero attached hydrogens (tertiary/aromatic N) is 1. The van der Waals surface area contributed by atoms with Crippen LogP contribution < -0.4 is 10.6 Å². The van der Waals surface area contributed by atoms with Crippen LogP contribution in [0.3, 0.4) is 0 Å². The molecule has 2 saturated heterocycles. The van der Waals surface area contributed by atoms with Gasteiger partial charge in [0.05, 0.1) is 0 Å². The van der Waals surface area contributed by atoms with Gasteiger partial charge in [0.15, 0.2) is 0 Å². The molecule has 110 valence electrons.